The third-order valence-corrected chi connectivity index (χ3v) is 3.53. The minimum absolute atomic E-state index is 0.0140. The van der Waals surface area contributed by atoms with E-state index in [-0.39, 0.29) is 35.1 Å². The second-order valence-electron chi connectivity index (χ2n) is 5.44. The minimum atomic E-state index is -0.300. The summed E-state index contributed by atoms with van der Waals surface area (Å²) in [4.78, 5) is 23.3. The molecule has 1 atom stereocenters. The van der Waals surface area contributed by atoms with E-state index in [1.54, 1.807) is 12.1 Å². The number of phenols is 1. The van der Waals surface area contributed by atoms with Crippen LogP contribution >= 0.6 is 0 Å². The van der Waals surface area contributed by atoms with Gasteiger partial charge < -0.3 is 15.7 Å². The largest absolute Gasteiger partial charge is 0.507 e. The number of hydrogen-bond acceptors (Lipinski definition) is 3. The zero-order chi connectivity index (χ0) is 14.7. The molecule has 1 saturated heterocycles. The third kappa shape index (κ3) is 3.29. The molecule has 1 fully saturated rings. The molecule has 0 aliphatic carbocycles. The molecule has 20 heavy (non-hydrogen) atoms. The highest BCUT2D eigenvalue weighted by Crippen LogP contribution is 2.23. The average Bonchev–Trinajstić information content (AvgIpc) is 2.41. The lowest BCUT2D eigenvalue weighted by molar-refractivity contribution is -0.122. The van der Waals surface area contributed by atoms with Crippen molar-refractivity contribution in [3.8, 4) is 5.75 Å². The molecule has 1 aromatic rings. The maximum atomic E-state index is 12.2. The van der Waals surface area contributed by atoms with Gasteiger partial charge in [-0.1, -0.05) is 19.9 Å². The first-order valence-electron chi connectivity index (χ1n) is 6.88. The van der Waals surface area contributed by atoms with Crippen molar-refractivity contribution in [1.29, 1.82) is 0 Å². The number of benzene rings is 1. The third-order valence-electron chi connectivity index (χ3n) is 3.53. The van der Waals surface area contributed by atoms with Gasteiger partial charge in [0, 0.05) is 19.0 Å². The Kier molecular flexibility index (Phi) is 4.27. The Morgan fingerprint density at radius 3 is 2.80 bits per heavy atom. The lowest BCUT2D eigenvalue weighted by Gasteiger charge is -2.23. The normalized spacial score (nSPS) is 18.8. The molecule has 1 unspecified atom stereocenters. The van der Waals surface area contributed by atoms with E-state index in [4.69, 9.17) is 0 Å². The van der Waals surface area contributed by atoms with E-state index in [2.05, 4.69) is 10.6 Å². The van der Waals surface area contributed by atoms with Gasteiger partial charge in [0.05, 0.1) is 5.56 Å². The van der Waals surface area contributed by atoms with E-state index < -0.39 is 0 Å². The molecular weight excluding hydrogens is 256 g/mol. The Hall–Kier alpha value is -2.04. The molecule has 1 aliphatic rings. The predicted octanol–water partition coefficient (Wildman–Crippen LogP) is 1.52. The first kappa shape index (κ1) is 14.4. The molecule has 3 N–H and O–H groups in total. The number of hydrogen-bond donors (Lipinski definition) is 3. The predicted molar refractivity (Wildman–Crippen MR) is 75.7 cm³/mol. The highest BCUT2D eigenvalue weighted by Gasteiger charge is 2.21. The van der Waals surface area contributed by atoms with Crippen LogP contribution in [0.25, 0.3) is 0 Å². The van der Waals surface area contributed by atoms with E-state index in [1.807, 2.05) is 19.9 Å². The first-order valence-corrected chi connectivity index (χ1v) is 6.88. The van der Waals surface area contributed by atoms with Gasteiger partial charge in [0.15, 0.2) is 0 Å². The van der Waals surface area contributed by atoms with E-state index >= 15 is 0 Å². The molecular formula is C15H20N2O3. The van der Waals surface area contributed by atoms with Gasteiger partial charge >= 0.3 is 0 Å². The number of piperidine rings is 1. The average molecular weight is 276 g/mol. The second kappa shape index (κ2) is 5.94. The molecule has 0 bridgehead atoms. The fraction of sp³-hybridized carbons (Fsp3) is 0.467. The van der Waals surface area contributed by atoms with Crippen molar-refractivity contribution in [2.45, 2.75) is 38.6 Å². The van der Waals surface area contributed by atoms with Gasteiger partial charge in [0.25, 0.3) is 5.91 Å². The van der Waals surface area contributed by atoms with Crippen molar-refractivity contribution in [1.82, 2.24) is 10.6 Å². The molecule has 0 spiro atoms. The van der Waals surface area contributed by atoms with Crippen LogP contribution in [0.5, 0.6) is 5.75 Å². The Labute approximate surface area is 118 Å². The van der Waals surface area contributed by atoms with Crippen LogP contribution in [-0.2, 0) is 4.79 Å². The molecule has 1 aliphatic heterocycles. The Morgan fingerprint density at radius 1 is 1.45 bits per heavy atom. The van der Waals surface area contributed by atoms with Gasteiger partial charge in [-0.2, -0.15) is 0 Å². The number of rotatable bonds is 3. The topological polar surface area (TPSA) is 78.4 Å². The van der Waals surface area contributed by atoms with Gasteiger partial charge in [-0.25, -0.2) is 0 Å². The Balaban J connectivity index is 2.08. The van der Waals surface area contributed by atoms with E-state index in [1.165, 1.54) is 0 Å². The van der Waals surface area contributed by atoms with Crippen LogP contribution in [0.4, 0.5) is 0 Å². The quantitative estimate of drug-likeness (QED) is 0.783. The molecule has 2 amide bonds. The number of carbonyl (C=O) groups is 2. The van der Waals surface area contributed by atoms with Crippen molar-refractivity contribution < 1.29 is 14.7 Å². The molecule has 5 heteroatoms. The molecule has 0 radical (unpaired) electrons. The zero-order valence-electron chi connectivity index (χ0n) is 11.8. The summed E-state index contributed by atoms with van der Waals surface area (Å²) in [5, 5.41) is 15.4. The van der Waals surface area contributed by atoms with Crippen LogP contribution < -0.4 is 10.6 Å². The molecule has 1 aromatic carbocycles. The lowest BCUT2D eigenvalue weighted by Crippen LogP contribution is -2.47. The van der Waals surface area contributed by atoms with Crippen molar-refractivity contribution in [2.24, 2.45) is 0 Å². The summed E-state index contributed by atoms with van der Waals surface area (Å²) in [6, 6.07) is 5.00. The van der Waals surface area contributed by atoms with Gasteiger partial charge in [0.1, 0.15) is 5.75 Å². The molecule has 2 rings (SSSR count). The first-order chi connectivity index (χ1) is 9.47. The maximum absolute atomic E-state index is 12.2. The maximum Gasteiger partial charge on any atom is 0.255 e. The van der Waals surface area contributed by atoms with Crippen LogP contribution in [0.2, 0.25) is 0 Å². The number of phenolic OH excluding ortho intramolecular Hbond substituents is 1. The zero-order valence-corrected chi connectivity index (χ0v) is 11.8. The fourth-order valence-corrected chi connectivity index (χ4v) is 2.21. The SMILES string of the molecule is CC(C)c1ccc(O)c(C(=O)NC2CCC(=O)NC2)c1. The number of aromatic hydroxyl groups is 1. The highest BCUT2D eigenvalue weighted by atomic mass is 16.3. The Bertz CT molecular complexity index is 516. The molecule has 0 aromatic heterocycles. The van der Waals surface area contributed by atoms with Gasteiger partial charge in [-0.15, -0.1) is 0 Å². The summed E-state index contributed by atoms with van der Waals surface area (Å²) in [6.45, 7) is 4.50. The number of amides is 2. The van der Waals surface area contributed by atoms with Crippen molar-refractivity contribution >= 4 is 11.8 Å². The molecule has 5 nitrogen and oxygen atoms in total. The van der Waals surface area contributed by atoms with Gasteiger partial charge in [-0.05, 0) is 30.0 Å². The summed E-state index contributed by atoms with van der Waals surface area (Å²) in [6.07, 6.45) is 1.05. The van der Waals surface area contributed by atoms with E-state index in [9.17, 15) is 14.7 Å². The number of carbonyl (C=O) groups excluding carboxylic acids is 2. The van der Waals surface area contributed by atoms with Crippen LogP contribution in [0.1, 0.15) is 48.5 Å². The summed E-state index contributed by atoms with van der Waals surface area (Å²) in [5.41, 5.74) is 1.29. The second-order valence-corrected chi connectivity index (χ2v) is 5.44. The molecule has 1 heterocycles. The summed E-state index contributed by atoms with van der Waals surface area (Å²) in [7, 11) is 0. The van der Waals surface area contributed by atoms with Crippen LogP contribution in [-0.4, -0.2) is 29.5 Å². The summed E-state index contributed by atoms with van der Waals surface area (Å²) >= 11 is 0. The van der Waals surface area contributed by atoms with Gasteiger partial charge in [0.2, 0.25) is 5.91 Å². The lowest BCUT2D eigenvalue weighted by atomic mass is 9.99. The van der Waals surface area contributed by atoms with E-state index in [0.717, 1.165) is 5.56 Å². The summed E-state index contributed by atoms with van der Waals surface area (Å²) in [5.74, 6) is -0.0193. The van der Waals surface area contributed by atoms with Crippen molar-refractivity contribution in [2.75, 3.05) is 6.54 Å². The van der Waals surface area contributed by atoms with Gasteiger partial charge in [-0.3, -0.25) is 9.59 Å². The smallest absolute Gasteiger partial charge is 0.255 e. The van der Waals surface area contributed by atoms with Crippen molar-refractivity contribution in [3.05, 3.63) is 29.3 Å². The fourth-order valence-electron chi connectivity index (χ4n) is 2.21. The monoisotopic (exact) mass is 276 g/mol. The number of nitrogens with one attached hydrogen (secondary N) is 2. The van der Waals surface area contributed by atoms with Crippen molar-refractivity contribution in [3.63, 3.8) is 0 Å². The summed E-state index contributed by atoms with van der Waals surface area (Å²) < 4.78 is 0. The highest BCUT2D eigenvalue weighted by molar-refractivity contribution is 5.97. The standard InChI is InChI=1S/C15H20N2O3/c1-9(2)10-3-5-13(18)12(7-10)15(20)17-11-4-6-14(19)16-8-11/h3,5,7,9,11,18H,4,6,8H2,1-2H3,(H,16,19)(H,17,20). The van der Waals surface area contributed by atoms with Crippen LogP contribution in [0.15, 0.2) is 18.2 Å². The molecule has 0 saturated carbocycles. The Morgan fingerprint density at radius 2 is 2.20 bits per heavy atom. The molecule has 108 valence electrons. The van der Waals surface area contributed by atoms with E-state index in [0.29, 0.717) is 19.4 Å². The van der Waals surface area contributed by atoms with Crippen LogP contribution in [0, 0.1) is 0 Å². The minimum Gasteiger partial charge on any atom is -0.507 e. The van der Waals surface area contributed by atoms with Crippen LogP contribution in [0.3, 0.4) is 0 Å².